The molecule has 154 valence electrons. The molecule has 2 aromatic carbocycles. The molecule has 3 rings (SSSR count). The number of guanidine groups is 1. The molecule has 0 saturated heterocycles. The van der Waals surface area contributed by atoms with Gasteiger partial charge in [-0.15, -0.1) is 0 Å². The Hall–Kier alpha value is -2.46. The van der Waals surface area contributed by atoms with Gasteiger partial charge in [-0.3, -0.25) is 9.69 Å². The number of nitrogens with two attached hydrogens (primary N) is 1. The summed E-state index contributed by atoms with van der Waals surface area (Å²) in [6.07, 6.45) is 1.61. The van der Waals surface area contributed by atoms with Crippen molar-refractivity contribution in [3.63, 3.8) is 0 Å². The van der Waals surface area contributed by atoms with Gasteiger partial charge in [-0.05, 0) is 57.7 Å². The number of hydrogen-bond donors (Lipinski definition) is 1. The molecule has 7 nitrogen and oxygen atoms in total. The summed E-state index contributed by atoms with van der Waals surface area (Å²) in [5, 5.41) is 0. The zero-order valence-electron chi connectivity index (χ0n) is 15.7. The predicted molar refractivity (Wildman–Crippen MR) is 110 cm³/mol. The highest BCUT2D eigenvalue weighted by molar-refractivity contribution is 9.10. The van der Waals surface area contributed by atoms with Gasteiger partial charge in [-0.1, -0.05) is 25.1 Å². The number of amides is 1. The van der Waals surface area contributed by atoms with Crippen molar-refractivity contribution >= 4 is 37.9 Å². The quantitative estimate of drug-likeness (QED) is 0.636. The molecule has 2 aromatic rings. The molecule has 1 aliphatic rings. The molecule has 1 heterocycles. The van der Waals surface area contributed by atoms with Crippen molar-refractivity contribution in [2.24, 2.45) is 10.7 Å². The molecule has 0 saturated carbocycles. The Labute approximate surface area is 176 Å². The van der Waals surface area contributed by atoms with Gasteiger partial charge in [0, 0.05) is 6.54 Å². The highest BCUT2D eigenvalue weighted by Gasteiger charge is 2.50. The van der Waals surface area contributed by atoms with Gasteiger partial charge < -0.3 is 9.92 Å². The highest BCUT2D eigenvalue weighted by atomic mass is 79.9. The molecule has 0 bridgehead atoms. The van der Waals surface area contributed by atoms with Crippen molar-refractivity contribution in [3.05, 3.63) is 63.9 Å². The van der Waals surface area contributed by atoms with Crippen LogP contribution in [0.25, 0.3) is 0 Å². The molecular weight excluding hydrogens is 465 g/mol. The summed E-state index contributed by atoms with van der Waals surface area (Å²) in [6.45, 7) is 2.29. The van der Waals surface area contributed by atoms with E-state index in [9.17, 15) is 17.6 Å². The minimum atomic E-state index is -3.69. The highest BCUT2D eigenvalue weighted by Crippen LogP contribution is 2.41. The first-order chi connectivity index (χ1) is 13.6. The predicted octanol–water partition coefficient (Wildman–Crippen LogP) is 2.74. The lowest BCUT2D eigenvalue weighted by molar-refractivity contribution is -0.130. The Bertz CT molecular complexity index is 1090. The van der Waals surface area contributed by atoms with Gasteiger partial charge in [0.2, 0.25) is 0 Å². The Morgan fingerprint density at radius 2 is 1.83 bits per heavy atom. The molecule has 10 heteroatoms. The standard InChI is InChI=1S/C19H19BrFN3O4S/c1-3-10-24-17(25)19(23-18(24)22,13-6-9-16(21)15(20)11-13)12-4-7-14(8-5-12)28-29(2,26)27/h4-9,11H,3,10H2,1-2H3,(H2,22,23). The number of aliphatic imine (C=N–C) groups is 1. The van der Waals surface area contributed by atoms with E-state index in [4.69, 9.17) is 9.92 Å². The topological polar surface area (TPSA) is 102 Å². The number of benzene rings is 2. The summed E-state index contributed by atoms with van der Waals surface area (Å²) in [7, 11) is -3.69. The number of hydrogen-bond acceptors (Lipinski definition) is 6. The Morgan fingerprint density at radius 3 is 2.38 bits per heavy atom. The van der Waals surface area contributed by atoms with Gasteiger partial charge in [0.25, 0.3) is 5.91 Å². The van der Waals surface area contributed by atoms with Crippen LogP contribution >= 0.6 is 15.9 Å². The molecule has 0 aromatic heterocycles. The largest absolute Gasteiger partial charge is 0.383 e. The van der Waals surface area contributed by atoms with Crippen LogP contribution in [0.3, 0.4) is 0 Å². The van der Waals surface area contributed by atoms with Crippen molar-refractivity contribution < 1.29 is 21.8 Å². The fourth-order valence-corrected chi connectivity index (χ4v) is 4.05. The van der Waals surface area contributed by atoms with Crippen LogP contribution in [0.2, 0.25) is 0 Å². The number of carbonyl (C=O) groups excluding carboxylic acids is 1. The van der Waals surface area contributed by atoms with Gasteiger partial charge in [0.05, 0.1) is 10.7 Å². The third kappa shape index (κ3) is 3.99. The van der Waals surface area contributed by atoms with Crippen LogP contribution in [0.1, 0.15) is 24.5 Å². The lowest BCUT2D eigenvalue weighted by atomic mass is 9.82. The maximum atomic E-state index is 13.8. The second-order valence-electron chi connectivity index (χ2n) is 6.58. The van der Waals surface area contributed by atoms with Crippen molar-refractivity contribution in [3.8, 4) is 5.75 Å². The van der Waals surface area contributed by atoms with Crippen LogP contribution in [0.4, 0.5) is 4.39 Å². The summed E-state index contributed by atoms with van der Waals surface area (Å²) in [5.41, 5.74) is 5.41. The van der Waals surface area contributed by atoms with Crippen LogP contribution in [0.15, 0.2) is 51.9 Å². The second kappa shape index (κ2) is 7.75. The van der Waals surface area contributed by atoms with Crippen molar-refractivity contribution in [1.82, 2.24) is 4.90 Å². The SMILES string of the molecule is CCCN1C(=O)C(c2ccc(OS(C)(=O)=O)cc2)(c2ccc(F)c(Br)c2)N=C1N. The number of halogens is 2. The smallest absolute Gasteiger partial charge is 0.306 e. The first-order valence-electron chi connectivity index (χ1n) is 8.71. The first-order valence-corrected chi connectivity index (χ1v) is 11.3. The van der Waals surface area contributed by atoms with E-state index in [1.807, 2.05) is 6.92 Å². The average Bonchev–Trinajstić information content (AvgIpc) is 2.89. The molecule has 2 N–H and O–H groups in total. The van der Waals surface area contributed by atoms with Crippen LogP contribution in [0, 0.1) is 5.82 Å². The van der Waals surface area contributed by atoms with Gasteiger partial charge in [0.1, 0.15) is 11.6 Å². The van der Waals surface area contributed by atoms with Gasteiger partial charge in [0.15, 0.2) is 11.5 Å². The minimum Gasteiger partial charge on any atom is -0.383 e. The molecule has 0 fully saturated rings. The lowest BCUT2D eigenvalue weighted by Crippen LogP contribution is -2.43. The van der Waals surface area contributed by atoms with Crippen molar-refractivity contribution in [1.29, 1.82) is 0 Å². The Kier molecular flexibility index (Phi) is 5.68. The fraction of sp³-hybridized carbons (Fsp3) is 0.263. The van der Waals surface area contributed by atoms with Gasteiger partial charge in [-0.2, -0.15) is 8.42 Å². The van der Waals surface area contributed by atoms with E-state index >= 15 is 0 Å². The maximum Gasteiger partial charge on any atom is 0.306 e. The van der Waals surface area contributed by atoms with Gasteiger partial charge in [-0.25, -0.2) is 9.38 Å². The molecule has 1 amide bonds. The van der Waals surface area contributed by atoms with Crippen LogP contribution in [-0.2, 0) is 20.5 Å². The third-order valence-electron chi connectivity index (χ3n) is 4.42. The zero-order valence-corrected chi connectivity index (χ0v) is 18.1. The first kappa shape index (κ1) is 21.3. The van der Waals surface area contributed by atoms with Crippen LogP contribution in [-0.4, -0.2) is 38.0 Å². The number of carbonyl (C=O) groups is 1. The van der Waals surface area contributed by atoms with Crippen LogP contribution < -0.4 is 9.92 Å². The summed E-state index contributed by atoms with van der Waals surface area (Å²) in [6, 6.07) is 10.1. The maximum absolute atomic E-state index is 13.8. The summed E-state index contributed by atoms with van der Waals surface area (Å²) >= 11 is 3.15. The van der Waals surface area contributed by atoms with E-state index in [-0.39, 0.29) is 22.1 Å². The lowest BCUT2D eigenvalue weighted by Gasteiger charge is -2.27. The number of nitrogens with zero attached hydrogens (tertiary/aromatic N) is 2. The van der Waals surface area contributed by atoms with E-state index < -0.39 is 21.5 Å². The van der Waals surface area contributed by atoms with E-state index in [0.29, 0.717) is 24.1 Å². The zero-order chi connectivity index (χ0) is 21.4. The Morgan fingerprint density at radius 1 is 1.21 bits per heavy atom. The van der Waals surface area contributed by atoms with E-state index in [1.165, 1.54) is 35.2 Å². The van der Waals surface area contributed by atoms with Crippen molar-refractivity contribution in [2.75, 3.05) is 12.8 Å². The second-order valence-corrected chi connectivity index (χ2v) is 9.01. The normalized spacial score (nSPS) is 19.4. The molecule has 1 unspecified atom stereocenters. The summed E-state index contributed by atoms with van der Waals surface area (Å²) in [5.74, 6) is -0.686. The van der Waals surface area contributed by atoms with Gasteiger partial charge >= 0.3 is 10.1 Å². The molecular formula is C19H19BrFN3O4S. The molecule has 29 heavy (non-hydrogen) atoms. The minimum absolute atomic E-state index is 0.0637. The van der Waals surface area contributed by atoms with E-state index in [1.54, 1.807) is 12.1 Å². The van der Waals surface area contributed by atoms with E-state index in [2.05, 4.69) is 20.9 Å². The van der Waals surface area contributed by atoms with E-state index in [0.717, 1.165) is 6.26 Å². The third-order valence-corrected chi connectivity index (χ3v) is 5.52. The van der Waals surface area contributed by atoms with Crippen LogP contribution in [0.5, 0.6) is 5.75 Å². The van der Waals surface area contributed by atoms with Crippen molar-refractivity contribution in [2.45, 2.75) is 18.9 Å². The summed E-state index contributed by atoms with van der Waals surface area (Å²) < 4.78 is 41.5. The molecule has 0 spiro atoms. The average molecular weight is 484 g/mol. The molecule has 0 radical (unpaired) electrons. The summed E-state index contributed by atoms with van der Waals surface area (Å²) in [4.78, 5) is 19.3. The fourth-order valence-electron chi connectivity index (χ4n) is 3.21. The number of rotatable bonds is 6. The molecule has 0 aliphatic carbocycles. The Balaban J connectivity index is 2.17. The monoisotopic (exact) mass is 483 g/mol. The molecule has 1 aliphatic heterocycles. The molecule has 1 atom stereocenters.